The number of hydrogen-bond acceptors (Lipinski definition) is 1. The number of aromatic amines is 1. The minimum absolute atomic E-state index is 0.210. The van der Waals surface area contributed by atoms with E-state index in [9.17, 15) is 13.2 Å². The SMILES string of the molecule is NCCCCc1c(-c2cc(C(F)(F)F)ccc2Cl)[nH]c2c(Cl)ccc(Cl)c12. The van der Waals surface area contributed by atoms with E-state index in [1.165, 1.54) is 6.07 Å². The summed E-state index contributed by atoms with van der Waals surface area (Å²) in [5, 5.41) is 1.82. The Morgan fingerprint density at radius 2 is 1.59 bits per heavy atom. The molecule has 1 heterocycles. The number of fused-ring (bicyclic) bond motifs is 1. The molecule has 0 atom stereocenters. The second-order valence-electron chi connectivity index (χ2n) is 6.20. The molecule has 0 aliphatic heterocycles. The molecule has 0 saturated heterocycles. The number of hydrogen-bond donors (Lipinski definition) is 2. The number of H-pyrrole nitrogens is 1. The van der Waals surface area contributed by atoms with E-state index < -0.39 is 11.7 Å². The van der Waals surface area contributed by atoms with Gasteiger partial charge in [-0.05, 0) is 61.7 Å². The van der Waals surface area contributed by atoms with Crippen LogP contribution in [0.5, 0.6) is 0 Å². The molecule has 0 amide bonds. The van der Waals surface area contributed by atoms with Gasteiger partial charge in [0, 0.05) is 16.0 Å². The van der Waals surface area contributed by atoms with Crippen LogP contribution in [-0.2, 0) is 12.6 Å². The number of unbranched alkanes of at least 4 members (excludes halogenated alkanes) is 1. The Hall–Kier alpha value is -1.40. The lowest BCUT2D eigenvalue weighted by molar-refractivity contribution is -0.137. The Morgan fingerprint density at radius 3 is 2.26 bits per heavy atom. The van der Waals surface area contributed by atoms with Gasteiger partial charge in [-0.3, -0.25) is 0 Å². The molecule has 0 aliphatic carbocycles. The fraction of sp³-hybridized carbons (Fsp3) is 0.263. The average Bonchev–Trinajstić information content (AvgIpc) is 2.98. The van der Waals surface area contributed by atoms with E-state index in [4.69, 9.17) is 40.5 Å². The summed E-state index contributed by atoms with van der Waals surface area (Å²) in [5.41, 5.74) is 6.92. The van der Waals surface area contributed by atoms with E-state index in [1.807, 2.05) is 0 Å². The van der Waals surface area contributed by atoms with E-state index in [2.05, 4.69) is 4.98 Å². The van der Waals surface area contributed by atoms with Gasteiger partial charge < -0.3 is 10.7 Å². The molecule has 0 fully saturated rings. The highest BCUT2D eigenvalue weighted by atomic mass is 35.5. The highest BCUT2D eigenvalue weighted by molar-refractivity contribution is 6.40. The number of halogens is 6. The average molecular weight is 436 g/mol. The number of nitrogens with one attached hydrogen (secondary N) is 1. The van der Waals surface area contributed by atoms with E-state index in [-0.39, 0.29) is 10.6 Å². The highest BCUT2D eigenvalue weighted by Gasteiger charge is 2.31. The second-order valence-corrected chi connectivity index (χ2v) is 7.42. The third-order valence-electron chi connectivity index (χ3n) is 4.40. The second kappa shape index (κ2) is 7.92. The smallest absolute Gasteiger partial charge is 0.353 e. The van der Waals surface area contributed by atoms with Gasteiger partial charge in [0.05, 0.1) is 26.8 Å². The fourth-order valence-electron chi connectivity index (χ4n) is 3.11. The minimum atomic E-state index is -4.47. The third-order valence-corrected chi connectivity index (χ3v) is 5.36. The molecule has 0 aliphatic rings. The van der Waals surface area contributed by atoms with Crippen molar-refractivity contribution in [3.05, 3.63) is 56.5 Å². The molecule has 27 heavy (non-hydrogen) atoms. The molecular formula is C19H16Cl3F3N2. The van der Waals surface area contributed by atoms with E-state index >= 15 is 0 Å². The molecule has 1 aromatic heterocycles. The fourth-order valence-corrected chi connectivity index (χ4v) is 3.80. The highest BCUT2D eigenvalue weighted by Crippen LogP contribution is 2.42. The zero-order chi connectivity index (χ0) is 19.8. The first kappa shape index (κ1) is 20.3. The Bertz CT molecular complexity index is 980. The van der Waals surface area contributed by atoms with Crippen LogP contribution in [0.3, 0.4) is 0 Å². The number of aromatic nitrogens is 1. The summed E-state index contributed by atoms with van der Waals surface area (Å²) in [6, 6.07) is 6.57. The molecule has 0 bridgehead atoms. The molecule has 0 radical (unpaired) electrons. The van der Waals surface area contributed by atoms with E-state index in [0.717, 1.165) is 30.5 Å². The largest absolute Gasteiger partial charge is 0.416 e. The predicted molar refractivity (Wildman–Crippen MR) is 106 cm³/mol. The molecule has 144 valence electrons. The summed E-state index contributed by atoms with van der Waals surface area (Å²) in [5.74, 6) is 0. The normalized spacial score (nSPS) is 12.1. The van der Waals surface area contributed by atoms with Crippen LogP contribution < -0.4 is 5.73 Å². The van der Waals surface area contributed by atoms with Crippen molar-refractivity contribution in [2.24, 2.45) is 5.73 Å². The lowest BCUT2D eigenvalue weighted by Crippen LogP contribution is -2.05. The summed E-state index contributed by atoms with van der Waals surface area (Å²) in [6.45, 7) is 0.524. The van der Waals surface area contributed by atoms with Gasteiger partial charge in [0.25, 0.3) is 0 Å². The Labute approximate surface area is 169 Å². The lowest BCUT2D eigenvalue weighted by Gasteiger charge is -2.12. The summed E-state index contributed by atoms with van der Waals surface area (Å²) < 4.78 is 39.6. The van der Waals surface area contributed by atoms with Crippen LogP contribution >= 0.6 is 34.8 Å². The number of nitrogens with two attached hydrogens (primary N) is 1. The zero-order valence-electron chi connectivity index (χ0n) is 14.1. The van der Waals surface area contributed by atoms with Crippen LogP contribution in [-0.4, -0.2) is 11.5 Å². The quantitative estimate of drug-likeness (QED) is 0.412. The monoisotopic (exact) mass is 434 g/mol. The summed E-state index contributed by atoms with van der Waals surface area (Å²) in [4.78, 5) is 3.14. The molecule has 0 spiro atoms. The van der Waals surface area contributed by atoms with Crippen LogP contribution in [0.25, 0.3) is 22.2 Å². The van der Waals surface area contributed by atoms with Gasteiger partial charge in [-0.25, -0.2) is 0 Å². The third kappa shape index (κ3) is 4.06. The van der Waals surface area contributed by atoms with Crippen LogP contribution in [0.2, 0.25) is 15.1 Å². The van der Waals surface area contributed by atoms with Crippen molar-refractivity contribution >= 4 is 45.7 Å². The topological polar surface area (TPSA) is 41.8 Å². The molecule has 0 saturated carbocycles. The Morgan fingerprint density at radius 1 is 0.926 bits per heavy atom. The van der Waals surface area contributed by atoms with E-state index in [1.54, 1.807) is 12.1 Å². The summed E-state index contributed by atoms with van der Waals surface area (Å²) in [7, 11) is 0. The molecule has 3 aromatic rings. The predicted octanol–water partition coefficient (Wildman–Crippen LogP) is 7.10. The van der Waals surface area contributed by atoms with Gasteiger partial charge in [-0.1, -0.05) is 34.8 Å². The van der Waals surface area contributed by atoms with Crippen LogP contribution in [0.4, 0.5) is 13.2 Å². The first-order valence-electron chi connectivity index (χ1n) is 8.29. The van der Waals surface area contributed by atoms with Gasteiger partial charge in [0.2, 0.25) is 0 Å². The zero-order valence-corrected chi connectivity index (χ0v) is 16.3. The molecule has 3 rings (SSSR count). The van der Waals surface area contributed by atoms with Gasteiger partial charge in [0.1, 0.15) is 0 Å². The van der Waals surface area contributed by atoms with E-state index in [0.29, 0.717) is 39.6 Å². The summed E-state index contributed by atoms with van der Waals surface area (Å²) >= 11 is 18.9. The van der Waals surface area contributed by atoms with Crippen molar-refractivity contribution in [1.29, 1.82) is 0 Å². The molecule has 8 heteroatoms. The van der Waals surface area contributed by atoms with Crippen molar-refractivity contribution in [1.82, 2.24) is 4.98 Å². The molecule has 2 aromatic carbocycles. The van der Waals surface area contributed by atoms with Crippen molar-refractivity contribution in [3.63, 3.8) is 0 Å². The number of aryl methyl sites for hydroxylation is 1. The Kier molecular flexibility index (Phi) is 5.96. The molecular weight excluding hydrogens is 420 g/mol. The maximum Gasteiger partial charge on any atom is 0.416 e. The first-order chi connectivity index (χ1) is 12.7. The molecule has 0 unspecified atom stereocenters. The molecule has 3 N–H and O–H groups in total. The van der Waals surface area contributed by atoms with Crippen LogP contribution in [0.15, 0.2) is 30.3 Å². The minimum Gasteiger partial charge on any atom is -0.353 e. The van der Waals surface area contributed by atoms with Gasteiger partial charge in [-0.15, -0.1) is 0 Å². The number of rotatable bonds is 5. The standard InChI is InChI=1S/C19H16Cl3F3N2/c20-13-5-4-10(19(23,24)25)9-12(13)17-11(3-1-2-8-26)16-14(21)6-7-15(22)18(16)27-17/h4-7,9,27H,1-3,8,26H2. The van der Waals surface area contributed by atoms with Crippen molar-refractivity contribution < 1.29 is 13.2 Å². The Balaban J connectivity index is 2.26. The van der Waals surface area contributed by atoms with Crippen molar-refractivity contribution in [3.8, 4) is 11.3 Å². The van der Waals surface area contributed by atoms with Gasteiger partial charge in [0.15, 0.2) is 0 Å². The van der Waals surface area contributed by atoms with Crippen molar-refractivity contribution in [2.45, 2.75) is 25.4 Å². The van der Waals surface area contributed by atoms with Crippen molar-refractivity contribution in [2.75, 3.05) is 6.54 Å². The maximum atomic E-state index is 13.2. The lowest BCUT2D eigenvalue weighted by atomic mass is 9.99. The maximum absolute atomic E-state index is 13.2. The first-order valence-corrected chi connectivity index (χ1v) is 9.43. The number of benzene rings is 2. The number of alkyl halides is 3. The van der Waals surface area contributed by atoms with Gasteiger partial charge >= 0.3 is 6.18 Å². The van der Waals surface area contributed by atoms with Gasteiger partial charge in [-0.2, -0.15) is 13.2 Å². The van der Waals surface area contributed by atoms with Crippen LogP contribution in [0.1, 0.15) is 24.0 Å². The summed E-state index contributed by atoms with van der Waals surface area (Å²) in [6.07, 6.45) is -2.35. The van der Waals surface area contributed by atoms with Crippen LogP contribution in [0, 0.1) is 0 Å². The molecule has 2 nitrogen and oxygen atoms in total.